The predicted octanol–water partition coefficient (Wildman–Crippen LogP) is 2.59. The number of hydrogen-bond acceptors (Lipinski definition) is 4. The number of amides is 1. The van der Waals surface area contributed by atoms with Gasteiger partial charge in [-0.25, -0.2) is 0 Å². The SMILES string of the molecule is CN(C)C(=O)c1sc(N2CCc3ccccc3C2)cc1N. The molecule has 0 fully saturated rings. The number of anilines is 2. The van der Waals surface area contributed by atoms with E-state index in [1.807, 2.05) is 6.07 Å². The van der Waals surface area contributed by atoms with Crippen LogP contribution in [-0.2, 0) is 13.0 Å². The lowest BCUT2D eigenvalue weighted by Gasteiger charge is -2.29. The highest BCUT2D eigenvalue weighted by atomic mass is 32.1. The number of thiophene rings is 1. The Bertz CT molecular complexity index is 678. The van der Waals surface area contributed by atoms with Gasteiger partial charge in [-0.1, -0.05) is 24.3 Å². The summed E-state index contributed by atoms with van der Waals surface area (Å²) in [6.45, 7) is 1.85. The molecule has 110 valence electrons. The summed E-state index contributed by atoms with van der Waals surface area (Å²) < 4.78 is 0. The van der Waals surface area contributed by atoms with Crippen LogP contribution in [0.25, 0.3) is 0 Å². The third-order valence-corrected chi connectivity index (χ3v) is 4.99. The standard InChI is InChI=1S/C16H19N3OS/c1-18(2)16(20)15-13(17)9-14(21-15)19-8-7-11-5-3-4-6-12(11)10-19/h3-6,9H,7-8,10,17H2,1-2H3. The Kier molecular flexibility index (Phi) is 3.59. The maximum absolute atomic E-state index is 12.1. The molecule has 0 saturated heterocycles. The molecule has 1 amide bonds. The first-order chi connectivity index (χ1) is 10.1. The van der Waals surface area contributed by atoms with E-state index >= 15 is 0 Å². The second-order valence-corrected chi connectivity index (χ2v) is 6.54. The first kappa shape index (κ1) is 13.9. The Morgan fingerprint density at radius 3 is 2.71 bits per heavy atom. The Balaban J connectivity index is 1.86. The van der Waals surface area contributed by atoms with Gasteiger partial charge in [-0.05, 0) is 23.6 Å². The van der Waals surface area contributed by atoms with Crippen molar-refractivity contribution in [3.63, 3.8) is 0 Å². The average molecular weight is 301 g/mol. The first-order valence-electron chi connectivity index (χ1n) is 6.99. The Hall–Kier alpha value is -2.01. The highest BCUT2D eigenvalue weighted by molar-refractivity contribution is 7.18. The number of hydrogen-bond donors (Lipinski definition) is 1. The number of fused-ring (bicyclic) bond motifs is 1. The van der Waals surface area contributed by atoms with Crippen molar-refractivity contribution in [3.05, 3.63) is 46.3 Å². The molecule has 0 bridgehead atoms. The van der Waals surface area contributed by atoms with Crippen molar-refractivity contribution in [3.8, 4) is 0 Å². The van der Waals surface area contributed by atoms with Gasteiger partial charge in [-0.3, -0.25) is 4.79 Å². The van der Waals surface area contributed by atoms with Gasteiger partial charge >= 0.3 is 0 Å². The molecule has 1 aromatic heterocycles. The second kappa shape index (κ2) is 5.41. The zero-order valence-electron chi connectivity index (χ0n) is 12.3. The largest absolute Gasteiger partial charge is 0.397 e. The van der Waals surface area contributed by atoms with Gasteiger partial charge in [0.1, 0.15) is 4.88 Å². The van der Waals surface area contributed by atoms with E-state index in [0.29, 0.717) is 10.6 Å². The molecule has 5 heteroatoms. The molecule has 2 aromatic rings. The highest BCUT2D eigenvalue weighted by Gasteiger charge is 2.21. The summed E-state index contributed by atoms with van der Waals surface area (Å²) in [5.74, 6) is -0.0267. The Morgan fingerprint density at radius 2 is 2.00 bits per heavy atom. The smallest absolute Gasteiger partial charge is 0.265 e. The number of nitrogen functional groups attached to an aromatic ring is 1. The van der Waals surface area contributed by atoms with E-state index < -0.39 is 0 Å². The monoisotopic (exact) mass is 301 g/mol. The molecular formula is C16H19N3OS. The molecule has 0 spiro atoms. The number of rotatable bonds is 2. The van der Waals surface area contributed by atoms with Crippen molar-refractivity contribution < 1.29 is 4.79 Å². The molecule has 0 atom stereocenters. The lowest BCUT2D eigenvalue weighted by molar-refractivity contribution is 0.0833. The van der Waals surface area contributed by atoms with Crippen LogP contribution in [0.15, 0.2) is 30.3 Å². The van der Waals surface area contributed by atoms with Crippen LogP contribution in [-0.4, -0.2) is 31.4 Å². The van der Waals surface area contributed by atoms with Gasteiger partial charge in [-0.15, -0.1) is 11.3 Å². The zero-order valence-corrected chi connectivity index (χ0v) is 13.1. The molecule has 3 rings (SSSR count). The molecule has 1 aliphatic heterocycles. The minimum Gasteiger partial charge on any atom is -0.397 e. The maximum Gasteiger partial charge on any atom is 0.265 e. The number of benzene rings is 1. The third kappa shape index (κ3) is 2.61. The maximum atomic E-state index is 12.1. The number of carbonyl (C=O) groups is 1. The molecular weight excluding hydrogens is 282 g/mol. The van der Waals surface area contributed by atoms with Gasteiger partial charge < -0.3 is 15.5 Å². The molecule has 1 aromatic carbocycles. The molecule has 21 heavy (non-hydrogen) atoms. The lowest BCUT2D eigenvalue weighted by atomic mass is 10.0. The zero-order chi connectivity index (χ0) is 15.0. The average Bonchev–Trinajstić information content (AvgIpc) is 2.87. The van der Waals surface area contributed by atoms with E-state index in [1.165, 1.54) is 22.5 Å². The van der Waals surface area contributed by atoms with E-state index in [-0.39, 0.29) is 5.91 Å². The van der Waals surface area contributed by atoms with E-state index in [4.69, 9.17) is 5.73 Å². The molecule has 0 saturated carbocycles. The summed E-state index contributed by atoms with van der Waals surface area (Å²) >= 11 is 1.49. The molecule has 2 heterocycles. The van der Waals surface area contributed by atoms with Gasteiger partial charge in [0.25, 0.3) is 5.91 Å². The van der Waals surface area contributed by atoms with Crippen molar-refractivity contribution >= 4 is 27.9 Å². The van der Waals surface area contributed by atoms with E-state index in [2.05, 4.69) is 29.2 Å². The van der Waals surface area contributed by atoms with Gasteiger partial charge in [0.05, 0.1) is 10.7 Å². The van der Waals surface area contributed by atoms with E-state index in [9.17, 15) is 4.79 Å². The topological polar surface area (TPSA) is 49.6 Å². The van der Waals surface area contributed by atoms with Crippen molar-refractivity contribution in [2.24, 2.45) is 0 Å². The normalized spacial score (nSPS) is 13.9. The molecule has 0 aliphatic carbocycles. The van der Waals surface area contributed by atoms with Crippen molar-refractivity contribution in [1.82, 2.24) is 4.90 Å². The summed E-state index contributed by atoms with van der Waals surface area (Å²) in [7, 11) is 3.50. The third-order valence-electron chi connectivity index (χ3n) is 3.79. The highest BCUT2D eigenvalue weighted by Crippen LogP contribution is 2.35. The van der Waals surface area contributed by atoms with Crippen LogP contribution in [0.3, 0.4) is 0 Å². The summed E-state index contributed by atoms with van der Waals surface area (Å²) in [4.78, 5) is 16.6. The fourth-order valence-corrected chi connectivity index (χ4v) is 3.73. The predicted molar refractivity (Wildman–Crippen MR) is 87.9 cm³/mol. The van der Waals surface area contributed by atoms with E-state index in [0.717, 1.165) is 24.5 Å². The second-order valence-electron chi connectivity index (χ2n) is 5.51. The van der Waals surface area contributed by atoms with Crippen LogP contribution in [0.5, 0.6) is 0 Å². The fraction of sp³-hybridized carbons (Fsp3) is 0.312. The number of carbonyl (C=O) groups excluding carboxylic acids is 1. The van der Waals surface area contributed by atoms with Crippen LogP contribution in [0.2, 0.25) is 0 Å². The quantitative estimate of drug-likeness (QED) is 0.927. The summed E-state index contributed by atoms with van der Waals surface area (Å²) in [6, 6.07) is 10.5. The van der Waals surface area contributed by atoms with Crippen LogP contribution in [0.1, 0.15) is 20.8 Å². The number of nitrogens with two attached hydrogens (primary N) is 1. The molecule has 0 unspecified atom stereocenters. The van der Waals surface area contributed by atoms with Crippen LogP contribution < -0.4 is 10.6 Å². The fourth-order valence-electron chi connectivity index (χ4n) is 2.60. The van der Waals surface area contributed by atoms with Gasteiger partial charge in [-0.2, -0.15) is 0 Å². The van der Waals surface area contributed by atoms with Crippen LogP contribution in [0, 0.1) is 0 Å². The van der Waals surface area contributed by atoms with Crippen molar-refractivity contribution in [2.75, 3.05) is 31.3 Å². The molecule has 4 nitrogen and oxygen atoms in total. The van der Waals surface area contributed by atoms with Gasteiger partial charge in [0.2, 0.25) is 0 Å². The van der Waals surface area contributed by atoms with Gasteiger partial charge in [0, 0.05) is 27.2 Å². The minimum atomic E-state index is -0.0267. The van der Waals surface area contributed by atoms with Crippen LogP contribution >= 0.6 is 11.3 Å². The van der Waals surface area contributed by atoms with E-state index in [1.54, 1.807) is 19.0 Å². The Labute approximate surface area is 128 Å². The molecule has 0 radical (unpaired) electrons. The molecule has 2 N–H and O–H groups in total. The van der Waals surface area contributed by atoms with Crippen LogP contribution in [0.4, 0.5) is 10.7 Å². The summed E-state index contributed by atoms with van der Waals surface area (Å²) in [5.41, 5.74) is 9.37. The first-order valence-corrected chi connectivity index (χ1v) is 7.80. The summed E-state index contributed by atoms with van der Waals surface area (Å²) in [6.07, 6.45) is 1.03. The number of nitrogens with zero attached hydrogens (tertiary/aromatic N) is 2. The Morgan fingerprint density at radius 1 is 1.29 bits per heavy atom. The summed E-state index contributed by atoms with van der Waals surface area (Å²) in [5, 5.41) is 1.08. The lowest BCUT2D eigenvalue weighted by Crippen LogP contribution is -2.29. The van der Waals surface area contributed by atoms with Crippen molar-refractivity contribution in [1.29, 1.82) is 0 Å². The van der Waals surface area contributed by atoms with Crippen molar-refractivity contribution in [2.45, 2.75) is 13.0 Å². The molecule has 1 aliphatic rings. The van der Waals surface area contributed by atoms with Gasteiger partial charge in [0.15, 0.2) is 0 Å². The minimum absolute atomic E-state index is 0.0267.